The number of carbonyl (C=O) groups excluding carboxylic acids is 1. The number of hydrogen-bond donors (Lipinski definition) is 0. The molecule has 3 aromatic rings. The van der Waals surface area contributed by atoms with Crippen molar-refractivity contribution >= 4 is 36.9 Å². The number of nitrogens with zero attached hydrogens (tertiary/aromatic N) is 2. The molecule has 4 rings (SSSR count). The van der Waals surface area contributed by atoms with Gasteiger partial charge in [0.2, 0.25) is 5.88 Å². The van der Waals surface area contributed by atoms with Gasteiger partial charge in [-0.15, -0.1) is 0 Å². The van der Waals surface area contributed by atoms with E-state index in [1.807, 2.05) is 61.0 Å². The van der Waals surface area contributed by atoms with Gasteiger partial charge in [0, 0.05) is 38.7 Å². The van der Waals surface area contributed by atoms with Gasteiger partial charge in [-0.1, -0.05) is 37.8 Å². The number of allylic oxidation sites excluding steroid dienone is 1. The second-order valence-electron chi connectivity index (χ2n) is 9.19. The molecule has 2 heterocycles. The molecule has 0 aliphatic carbocycles. The molecule has 5 nitrogen and oxygen atoms in total. The minimum atomic E-state index is -1.09. The fraction of sp³-hybridized carbons (Fsp3) is 0.269. The minimum Gasteiger partial charge on any atom is -0.439 e. The predicted octanol–water partition coefficient (Wildman–Crippen LogP) is 6.03. The summed E-state index contributed by atoms with van der Waals surface area (Å²) in [7, 11) is -1.09. The van der Waals surface area contributed by atoms with Crippen molar-refractivity contribution in [2.24, 2.45) is 4.99 Å². The summed E-state index contributed by atoms with van der Waals surface area (Å²) in [6.07, 6.45) is 6.55. The van der Waals surface area contributed by atoms with Crippen LogP contribution in [-0.2, 0) is 4.74 Å². The number of hydrogen-bond acceptors (Lipinski definition) is 5. The van der Waals surface area contributed by atoms with Crippen molar-refractivity contribution in [2.45, 2.75) is 31.7 Å². The van der Waals surface area contributed by atoms with E-state index in [1.54, 1.807) is 6.07 Å². The summed E-state index contributed by atoms with van der Waals surface area (Å²) in [5.74, 6) is 1.23. The normalized spacial score (nSPS) is 15.7. The Morgan fingerprint density at radius 3 is 2.59 bits per heavy atom. The summed E-state index contributed by atoms with van der Waals surface area (Å²) >= 11 is 0. The molecule has 0 N–H and O–H groups in total. The number of carbonyl (C=O) groups is 1. The summed E-state index contributed by atoms with van der Waals surface area (Å²) in [4.78, 5) is 20.0. The second kappa shape index (κ2) is 9.59. The lowest BCUT2D eigenvalue weighted by Crippen LogP contribution is -2.23. The van der Waals surface area contributed by atoms with Gasteiger partial charge in [0.25, 0.3) is 0 Å². The van der Waals surface area contributed by atoms with E-state index in [9.17, 15) is 4.79 Å². The first-order valence-electron chi connectivity index (χ1n) is 10.9. The van der Waals surface area contributed by atoms with Crippen molar-refractivity contribution in [2.75, 3.05) is 13.2 Å². The number of aldehydes is 1. The lowest BCUT2D eigenvalue weighted by Gasteiger charge is -2.17. The number of fused-ring (bicyclic) bond motifs is 1. The summed E-state index contributed by atoms with van der Waals surface area (Å²) in [6, 6.07) is 16.4. The van der Waals surface area contributed by atoms with Crippen LogP contribution >= 0.6 is 0 Å². The van der Waals surface area contributed by atoms with E-state index in [1.165, 1.54) is 0 Å². The third-order valence-corrected chi connectivity index (χ3v) is 7.12. The van der Waals surface area contributed by atoms with Crippen molar-refractivity contribution in [3.63, 3.8) is 0 Å². The standard InChI is InChI=1S/C26H28N2O3Si/c1-32(2,3)13-12-30-18-25-24(10-11-27-25)22-7-9-26(28-16-22)31-23-8-6-20-14-19(17-29)4-5-21(20)15-23/h4-11,14-17,25H,12-13,18H2,1-3H3. The third-order valence-electron chi connectivity index (χ3n) is 5.42. The molecule has 0 radical (unpaired) electrons. The molecule has 0 amide bonds. The lowest BCUT2D eigenvalue weighted by atomic mass is 10.0. The van der Waals surface area contributed by atoms with Crippen LogP contribution in [-0.4, -0.2) is 44.8 Å². The third kappa shape index (κ3) is 5.58. The molecule has 6 heteroatoms. The lowest BCUT2D eigenvalue weighted by molar-refractivity contribution is 0.112. The largest absolute Gasteiger partial charge is 0.439 e. The zero-order valence-corrected chi connectivity index (χ0v) is 19.7. The first kappa shape index (κ1) is 22.1. The highest BCUT2D eigenvalue weighted by Crippen LogP contribution is 2.28. The van der Waals surface area contributed by atoms with Crippen LogP contribution in [0.15, 0.2) is 65.8 Å². The predicted molar refractivity (Wildman–Crippen MR) is 133 cm³/mol. The molecule has 1 aliphatic rings. The topological polar surface area (TPSA) is 60.8 Å². The van der Waals surface area contributed by atoms with Gasteiger partial charge in [0.05, 0.1) is 12.6 Å². The number of rotatable bonds is 9. The molecule has 1 aromatic heterocycles. The number of pyridine rings is 1. The van der Waals surface area contributed by atoms with Crippen molar-refractivity contribution in [3.8, 4) is 11.6 Å². The Hall–Kier alpha value is -3.09. The Morgan fingerprint density at radius 2 is 1.84 bits per heavy atom. The fourth-order valence-electron chi connectivity index (χ4n) is 3.52. The zero-order valence-electron chi connectivity index (χ0n) is 18.7. The average molecular weight is 445 g/mol. The summed E-state index contributed by atoms with van der Waals surface area (Å²) < 4.78 is 11.9. The quantitative estimate of drug-likeness (QED) is 0.230. The van der Waals surface area contributed by atoms with Crippen LogP contribution in [0, 0.1) is 0 Å². The maximum absolute atomic E-state index is 11.0. The molecule has 1 unspecified atom stereocenters. The van der Waals surface area contributed by atoms with Crippen molar-refractivity contribution in [1.29, 1.82) is 0 Å². The molecule has 2 aromatic carbocycles. The Kier molecular flexibility index (Phi) is 6.63. The summed E-state index contributed by atoms with van der Waals surface area (Å²) in [5, 5.41) is 2.01. The molecule has 164 valence electrons. The van der Waals surface area contributed by atoms with Gasteiger partial charge in [-0.05, 0) is 58.3 Å². The Bertz CT molecular complexity index is 1160. The van der Waals surface area contributed by atoms with Crippen LogP contribution in [0.3, 0.4) is 0 Å². The summed E-state index contributed by atoms with van der Waals surface area (Å²) in [6.45, 7) is 8.45. The van der Waals surface area contributed by atoms with E-state index in [4.69, 9.17) is 9.47 Å². The smallest absolute Gasteiger partial charge is 0.219 e. The van der Waals surface area contributed by atoms with Gasteiger partial charge >= 0.3 is 0 Å². The van der Waals surface area contributed by atoms with Gasteiger partial charge in [-0.25, -0.2) is 4.98 Å². The highest BCUT2D eigenvalue weighted by Gasteiger charge is 2.19. The van der Waals surface area contributed by atoms with Crippen molar-refractivity contribution < 1.29 is 14.3 Å². The van der Waals surface area contributed by atoms with Gasteiger partial charge in [0.1, 0.15) is 12.0 Å². The van der Waals surface area contributed by atoms with Crippen LogP contribution in [0.25, 0.3) is 16.3 Å². The maximum atomic E-state index is 11.0. The van der Waals surface area contributed by atoms with E-state index in [2.05, 4.69) is 29.6 Å². The van der Waals surface area contributed by atoms with Gasteiger partial charge in [-0.2, -0.15) is 0 Å². The van der Waals surface area contributed by atoms with Crippen LogP contribution in [0.2, 0.25) is 25.7 Å². The average Bonchev–Trinajstić information content (AvgIpc) is 3.25. The molecule has 1 aliphatic heterocycles. The Morgan fingerprint density at radius 1 is 1.03 bits per heavy atom. The number of aliphatic imine (C=N–C) groups is 1. The number of benzene rings is 2. The molecule has 0 saturated carbocycles. The van der Waals surface area contributed by atoms with Gasteiger partial charge in [-0.3, -0.25) is 9.79 Å². The van der Waals surface area contributed by atoms with Gasteiger partial charge in [0.15, 0.2) is 0 Å². The van der Waals surface area contributed by atoms with Crippen molar-refractivity contribution in [3.05, 3.63) is 71.9 Å². The van der Waals surface area contributed by atoms with Crippen molar-refractivity contribution in [1.82, 2.24) is 4.98 Å². The highest BCUT2D eigenvalue weighted by atomic mass is 28.3. The second-order valence-corrected chi connectivity index (χ2v) is 14.8. The molecule has 32 heavy (non-hydrogen) atoms. The van der Waals surface area contributed by atoms with E-state index in [0.717, 1.165) is 40.8 Å². The fourth-order valence-corrected chi connectivity index (χ4v) is 4.28. The number of ether oxygens (including phenoxy) is 2. The molecule has 0 saturated heterocycles. The van der Waals surface area contributed by atoms with Crippen LogP contribution in [0.4, 0.5) is 0 Å². The first-order valence-corrected chi connectivity index (χ1v) is 14.6. The first-order chi connectivity index (χ1) is 15.4. The monoisotopic (exact) mass is 444 g/mol. The Balaban J connectivity index is 1.38. The van der Waals surface area contributed by atoms with Crippen LogP contribution in [0.1, 0.15) is 15.9 Å². The molecule has 0 bridgehead atoms. The molecule has 1 atom stereocenters. The zero-order chi connectivity index (χ0) is 22.6. The minimum absolute atomic E-state index is 0.0157. The van der Waals surface area contributed by atoms with Gasteiger partial charge < -0.3 is 9.47 Å². The molecular formula is C26H28N2O3Si. The molecular weight excluding hydrogens is 416 g/mol. The molecule has 0 spiro atoms. The van der Waals surface area contributed by atoms with E-state index in [0.29, 0.717) is 23.8 Å². The number of aromatic nitrogens is 1. The van der Waals surface area contributed by atoms with E-state index < -0.39 is 8.07 Å². The SMILES string of the molecule is C[Si](C)(C)CCOCC1N=CC=C1c1ccc(Oc2ccc3cc(C=O)ccc3c2)nc1. The van der Waals surface area contributed by atoms with E-state index >= 15 is 0 Å². The highest BCUT2D eigenvalue weighted by molar-refractivity contribution is 6.76. The van der Waals surface area contributed by atoms with E-state index in [-0.39, 0.29) is 6.04 Å². The van der Waals surface area contributed by atoms with Crippen LogP contribution < -0.4 is 4.74 Å². The maximum Gasteiger partial charge on any atom is 0.219 e. The Labute approximate surface area is 189 Å². The molecule has 0 fully saturated rings. The van der Waals surface area contributed by atoms with Crippen LogP contribution in [0.5, 0.6) is 11.6 Å². The summed E-state index contributed by atoms with van der Waals surface area (Å²) in [5.41, 5.74) is 2.80.